The van der Waals surface area contributed by atoms with Crippen LogP contribution in [0.15, 0.2) is 42.5 Å². The summed E-state index contributed by atoms with van der Waals surface area (Å²) in [4.78, 5) is 0. The Morgan fingerprint density at radius 3 is 2.37 bits per heavy atom. The number of aliphatic hydroxyl groups is 1. The van der Waals surface area contributed by atoms with E-state index in [2.05, 4.69) is 0 Å². The van der Waals surface area contributed by atoms with Gasteiger partial charge in [0.05, 0.1) is 19.8 Å². The summed E-state index contributed by atoms with van der Waals surface area (Å²) < 4.78 is 5.60. The maximum atomic E-state index is 9.97. The first-order valence-corrected chi connectivity index (χ1v) is 6.24. The van der Waals surface area contributed by atoms with Gasteiger partial charge in [-0.05, 0) is 12.5 Å². The van der Waals surface area contributed by atoms with Crippen LogP contribution in [0.3, 0.4) is 0 Å². The molecule has 0 aromatic heterocycles. The van der Waals surface area contributed by atoms with Gasteiger partial charge in [0, 0.05) is 11.1 Å². The topological polar surface area (TPSA) is 49.7 Å². The van der Waals surface area contributed by atoms with Crippen molar-refractivity contribution in [3.63, 3.8) is 0 Å². The minimum absolute atomic E-state index is 0.126. The molecule has 19 heavy (non-hydrogen) atoms. The van der Waals surface area contributed by atoms with Gasteiger partial charge in [-0.15, -0.1) is 0 Å². The van der Waals surface area contributed by atoms with E-state index in [-0.39, 0.29) is 12.4 Å². The van der Waals surface area contributed by atoms with E-state index < -0.39 is 0 Å². The van der Waals surface area contributed by atoms with Gasteiger partial charge in [-0.1, -0.05) is 48.0 Å². The zero-order valence-electron chi connectivity index (χ0n) is 11.0. The third-order valence-corrected chi connectivity index (χ3v) is 2.95. The molecule has 0 aliphatic carbocycles. The predicted molar refractivity (Wildman–Crippen MR) is 73.7 cm³/mol. The fourth-order valence-electron chi connectivity index (χ4n) is 2.02. The Balaban J connectivity index is 2.02. The zero-order valence-corrected chi connectivity index (χ0v) is 11.0. The second-order valence-electron chi connectivity index (χ2n) is 4.57. The van der Waals surface area contributed by atoms with Crippen LogP contribution in [0.25, 0.3) is 0 Å². The summed E-state index contributed by atoms with van der Waals surface area (Å²) in [6.45, 7) is 2.59. The van der Waals surface area contributed by atoms with Crippen LogP contribution in [0.4, 0.5) is 0 Å². The van der Waals surface area contributed by atoms with Gasteiger partial charge >= 0.3 is 0 Å². The number of rotatable bonds is 5. The Hall–Kier alpha value is -1.84. The van der Waals surface area contributed by atoms with E-state index in [1.54, 1.807) is 6.07 Å². The summed E-state index contributed by atoms with van der Waals surface area (Å²) in [5, 5.41) is 19.1. The summed E-state index contributed by atoms with van der Waals surface area (Å²) >= 11 is 0. The van der Waals surface area contributed by atoms with Gasteiger partial charge in [0.1, 0.15) is 5.75 Å². The molecule has 0 radical (unpaired) electrons. The quantitative estimate of drug-likeness (QED) is 0.867. The fraction of sp³-hybridized carbons (Fsp3) is 0.250. The number of benzene rings is 2. The van der Waals surface area contributed by atoms with Crippen LogP contribution < -0.4 is 0 Å². The summed E-state index contributed by atoms with van der Waals surface area (Å²) in [6, 6.07) is 13.5. The highest BCUT2D eigenvalue weighted by Crippen LogP contribution is 2.25. The van der Waals surface area contributed by atoms with Crippen molar-refractivity contribution in [3.8, 4) is 5.75 Å². The highest BCUT2D eigenvalue weighted by atomic mass is 16.5. The van der Waals surface area contributed by atoms with Crippen molar-refractivity contribution in [3.05, 3.63) is 64.7 Å². The van der Waals surface area contributed by atoms with Gasteiger partial charge in [0.25, 0.3) is 0 Å². The minimum Gasteiger partial charge on any atom is -0.507 e. The molecule has 0 aliphatic rings. The lowest BCUT2D eigenvalue weighted by atomic mass is 10.1. The lowest BCUT2D eigenvalue weighted by molar-refractivity contribution is 0.105. The molecular weight excluding hydrogens is 240 g/mol. The average Bonchev–Trinajstić information content (AvgIpc) is 2.43. The molecule has 2 rings (SSSR count). The third-order valence-electron chi connectivity index (χ3n) is 2.95. The number of hydrogen-bond donors (Lipinski definition) is 2. The molecule has 0 heterocycles. The van der Waals surface area contributed by atoms with Crippen LogP contribution in [0, 0.1) is 6.92 Å². The van der Waals surface area contributed by atoms with Crippen molar-refractivity contribution in [1.29, 1.82) is 0 Å². The van der Waals surface area contributed by atoms with Gasteiger partial charge in [-0.25, -0.2) is 0 Å². The fourth-order valence-corrected chi connectivity index (χ4v) is 2.02. The molecule has 0 saturated heterocycles. The number of aromatic hydroxyl groups is 1. The molecule has 3 heteroatoms. The maximum absolute atomic E-state index is 9.97. The Labute approximate surface area is 113 Å². The molecule has 0 fully saturated rings. The molecule has 100 valence electrons. The number of ether oxygens (including phenoxy) is 1. The van der Waals surface area contributed by atoms with Crippen LogP contribution in [0.1, 0.15) is 22.3 Å². The Kier molecular flexibility index (Phi) is 4.55. The molecule has 0 spiro atoms. The molecule has 0 bridgehead atoms. The SMILES string of the molecule is Cc1cc(CO)c(O)c(COCc2ccccc2)c1. The number of phenols is 1. The second-order valence-corrected chi connectivity index (χ2v) is 4.57. The standard InChI is InChI=1S/C16H18O3/c1-12-7-14(9-17)16(18)15(8-12)11-19-10-13-5-3-2-4-6-13/h2-8,17-18H,9-11H2,1H3. The molecule has 0 atom stereocenters. The third kappa shape index (κ3) is 3.56. The molecule has 0 aliphatic heterocycles. The van der Waals surface area contributed by atoms with E-state index in [1.807, 2.05) is 43.3 Å². The molecular formula is C16H18O3. The van der Waals surface area contributed by atoms with Gasteiger partial charge in [0.2, 0.25) is 0 Å². The molecule has 2 N–H and O–H groups in total. The summed E-state index contributed by atoms with van der Waals surface area (Å²) in [5.41, 5.74) is 3.34. The number of aliphatic hydroxyl groups excluding tert-OH is 1. The van der Waals surface area contributed by atoms with E-state index in [4.69, 9.17) is 9.84 Å². The van der Waals surface area contributed by atoms with Crippen molar-refractivity contribution < 1.29 is 14.9 Å². The number of aryl methyl sites for hydroxylation is 1. The Bertz CT molecular complexity index is 535. The summed E-state index contributed by atoms with van der Waals surface area (Å²) in [5.74, 6) is 0.126. The Morgan fingerprint density at radius 2 is 1.68 bits per heavy atom. The first kappa shape index (κ1) is 13.6. The van der Waals surface area contributed by atoms with Crippen LogP contribution in [0.2, 0.25) is 0 Å². The number of hydrogen-bond acceptors (Lipinski definition) is 3. The Morgan fingerprint density at radius 1 is 1.00 bits per heavy atom. The molecule has 0 unspecified atom stereocenters. The zero-order chi connectivity index (χ0) is 13.7. The maximum Gasteiger partial charge on any atom is 0.126 e. The lowest BCUT2D eigenvalue weighted by Crippen LogP contribution is -1.97. The van der Waals surface area contributed by atoms with Crippen molar-refractivity contribution in [2.45, 2.75) is 26.7 Å². The summed E-state index contributed by atoms with van der Waals surface area (Å²) in [6.07, 6.45) is 0. The van der Waals surface area contributed by atoms with E-state index in [1.165, 1.54) is 0 Å². The highest BCUT2D eigenvalue weighted by Gasteiger charge is 2.08. The van der Waals surface area contributed by atoms with Gasteiger partial charge in [-0.3, -0.25) is 0 Å². The van der Waals surface area contributed by atoms with Crippen LogP contribution in [-0.2, 0) is 24.6 Å². The van der Waals surface area contributed by atoms with E-state index in [9.17, 15) is 5.11 Å². The van der Waals surface area contributed by atoms with E-state index >= 15 is 0 Å². The van der Waals surface area contributed by atoms with Gasteiger partial charge in [0.15, 0.2) is 0 Å². The predicted octanol–water partition coefficient (Wildman–Crippen LogP) is 2.91. The van der Waals surface area contributed by atoms with Crippen LogP contribution in [0.5, 0.6) is 5.75 Å². The van der Waals surface area contributed by atoms with E-state index in [0.29, 0.717) is 24.3 Å². The monoisotopic (exact) mass is 258 g/mol. The average molecular weight is 258 g/mol. The molecule has 0 saturated carbocycles. The highest BCUT2D eigenvalue weighted by molar-refractivity contribution is 5.42. The lowest BCUT2D eigenvalue weighted by Gasteiger charge is -2.11. The van der Waals surface area contributed by atoms with Crippen molar-refractivity contribution in [2.75, 3.05) is 0 Å². The van der Waals surface area contributed by atoms with Crippen LogP contribution >= 0.6 is 0 Å². The first-order valence-electron chi connectivity index (χ1n) is 6.24. The van der Waals surface area contributed by atoms with Crippen molar-refractivity contribution in [2.24, 2.45) is 0 Å². The summed E-state index contributed by atoms with van der Waals surface area (Å²) in [7, 11) is 0. The van der Waals surface area contributed by atoms with Gasteiger partial charge in [-0.2, -0.15) is 0 Å². The molecule has 2 aromatic carbocycles. The first-order chi connectivity index (χ1) is 9.20. The van der Waals surface area contributed by atoms with Gasteiger partial charge < -0.3 is 14.9 Å². The molecule has 0 amide bonds. The smallest absolute Gasteiger partial charge is 0.126 e. The van der Waals surface area contributed by atoms with E-state index in [0.717, 1.165) is 11.1 Å². The van der Waals surface area contributed by atoms with Crippen LogP contribution in [-0.4, -0.2) is 10.2 Å². The van der Waals surface area contributed by atoms with Crippen molar-refractivity contribution in [1.82, 2.24) is 0 Å². The largest absolute Gasteiger partial charge is 0.507 e. The minimum atomic E-state index is -0.167. The van der Waals surface area contributed by atoms with Crippen molar-refractivity contribution >= 4 is 0 Å². The normalized spacial score (nSPS) is 10.6. The molecule has 3 nitrogen and oxygen atoms in total. The second kappa shape index (κ2) is 6.36. The molecule has 2 aromatic rings.